The third-order valence-corrected chi connectivity index (χ3v) is 4.20. The Kier molecular flexibility index (Phi) is 6.01. The van der Waals surface area contributed by atoms with E-state index in [0.717, 1.165) is 12.8 Å². The van der Waals surface area contributed by atoms with Crippen molar-refractivity contribution in [3.05, 3.63) is 34.9 Å². The first kappa shape index (κ1) is 17.5. The Morgan fingerprint density at radius 2 is 1.91 bits per heavy atom. The van der Waals surface area contributed by atoms with E-state index in [9.17, 15) is 4.79 Å². The van der Waals surface area contributed by atoms with Crippen molar-refractivity contribution in [3.8, 4) is 0 Å². The lowest BCUT2D eigenvalue weighted by Gasteiger charge is -2.24. The molecule has 0 radical (unpaired) electrons. The summed E-state index contributed by atoms with van der Waals surface area (Å²) in [5.74, 6) is 0.432. The van der Waals surface area contributed by atoms with Gasteiger partial charge in [0.1, 0.15) is 0 Å². The number of hydrogen-bond donors (Lipinski definition) is 0. The zero-order valence-electron chi connectivity index (χ0n) is 13.6. The third-order valence-electron chi connectivity index (χ3n) is 3.87. The third kappa shape index (κ3) is 5.08. The molecule has 0 spiro atoms. The molecule has 2 rings (SSSR count). The quantitative estimate of drug-likeness (QED) is 0.409. The van der Waals surface area contributed by atoms with Gasteiger partial charge in [-0.05, 0) is 45.2 Å². The van der Waals surface area contributed by atoms with Crippen LogP contribution >= 0.6 is 11.6 Å². The minimum absolute atomic E-state index is 0.0956. The first-order valence-corrected chi connectivity index (χ1v) is 8.38. The van der Waals surface area contributed by atoms with Gasteiger partial charge in [0.25, 0.3) is 0 Å². The predicted molar refractivity (Wildman–Crippen MR) is 88.1 cm³/mol. The molecule has 1 aromatic rings. The molecule has 1 saturated carbocycles. The van der Waals surface area contributed by atoms with E-state index in [2.05, 4.69) is 0 Å². The van der Waals surface area contributed by atoms with E-state index < -0.39 is 11.7 Å². The Hall–Kier alpha value is -0.900. The van der Waals surface area contributed by atoms with E-state index >= 15 is 0 Å². The van der Waals surface area contributed by atoms with E-state index in [0.29, 0.717) is 22.9 Å². The highest BCUT2D eigenvalue weighted by Crippen LogP contribution is 2.31. The fraction of sp³-hybridized carbons (Fsp3) is 0.611. The average Bonchev–Trinajstić information content (AvgIpc) is 2.95. The van der Waals surface area contributed by atoms with E-state index in [1.807, 2.05) is 32.9 Å². The first-order chi connectivity index (χ1) is 10.4. The van der Waals surface area contributed by atoms with Crippen LogP contribution in [0.15, 0.2) is 24.3 Å². The predicted octanol–water partition coefficient (Wildman–Crippen LogP) is 5.22. The van der Waals surface area contributed by atoms with E-state index in [4.69, 9.17) is 21.4 Å². The van der Waals surface area contributed by atoms with Gasteiger partial charge in [0, 0.05) is 5.56 Å². The van der Waals surface area contributed by atoms with Gasteiger partial charge in [-0.1, -0.05) is 49.4 Å². The van der Waals surface area contributed by atoms with Gasteiger partial charge in [-0.25, -0.2) is 9.78 Å². The fourth-order valence-electron chi connectivity index (χ4n) is 2.78. The summed E-state index contributed by atoms with van der Waals surface area (Å²) in [7, 11) is 0. The zero-order chi connectivity index (χ0) is 16.2. The number of rotatable bonds is 6. The lowest BCUT2D eigenvalue weighted by molar-refractivity contribution is -0.364. The van der Waals surface area contributed by atoms with Crippen LogP contribution in [0.5, 0.6) is 0 Å². The summed E-state index contributed by atoms with van der Waals surface area (Å²) >= 11 is 6.15. The summed E-state index contributed by atoms with van der Waals surface area (Å²) in [5, 5.41) is 0.461. The van der Waals surface area contributed by atoms with Crippen molar-refractivity contribution in [2.75, 3.05) is 0 Å². The Morgan fingerprint density at radius 1 is 1.27 bits per heavy atom. The maximum atomic E-state index is 12.8. The molecule has 122 valence electrons. The molecule has 4 heteroatoms. The molecule has 1 fully saturated rings. The molecule has 1 aliphatic rings. The largest absolute Gasteiger partial charge is 0.291 e. The van der Waals surface area contributed by atoms with Crippen LogP contribution in [-0.2, 0) is 9.78 Å². The number of carbonyl (C=O) groups excluding carboxylic acids is 1. The standard InChI is InChI=1S/C18H25ClO3/c1-18(2,3)22-21-16(12-13-8-4-5-9-13)17(20)14-10-6-7-11-15(14)19/h6-7,10-11,13,16H,4-5,8-9,12H2,1-3H3. The zero-order valence-corrected chi connectivity index (χ0v) is 14.4. The molecule has 1 aliphatic carbocycles. The van der Waals surface area contributed by atoms with Crippen molar-refractivity contribution in [2.45, 2.75) is 64.6 Å². The number of hydrogen-bond acceptors (Lipinski definition) is 3. The second-order valence-electron chi connectivity index (χ2n) is 7.01. The van der Waals surface area contributed by atoms with Crippen LogP contribution in [-0.4, -0.2) is 17.5 Å². The maximum Gasteiger partial charge on any atom is 0.196 e. The van der Waals surface area contributed by atoms with Crippen molar-refractivity contribution >= 4 is 17.4 Å². The van der Waals surface area contributed by atoms with Crippen molar-refractivity contribution < 1.29 is 14.6 Å². The molecule has 0 saturated heterocycles. The van der Waals surface area contributed by atoms with Crippen LogP contribution in [0.25, 0.3) is 0 Å². The van der Waals surface area contributed by atoms with Crippen LogP contribution < -0.4 is 0 Å². The van der Waals surface area contributed by atoms with E-state index in [-0.39, 0.29) is 5.78 Å². The SMILES string of the molecule is CC(C)(C)OOC(CC1CCCC1)C(=O)c1ccccc1Cl. The second kappa shape index (κ2) is 7.58. The molecule has 0 heterocycles. The van der Waals surface area contributed by atoms with Crippen LogP contribution in [0.2, 0.25) is 5.02 Å². The molecule has 1 unspecified atom stereocenters. The molecule has 0 aliphatic heterocycles. The van der Waals surface area contributed by atoms with Gasteiger partial charge in [-0.2, -0.15) is 0 Å². The average molecular weight is 325 g/mol. The minimum atomic E-state index is -0.595. The number of carbonyl (C=O) groups is 1. The van der Waals surface area contributed by atoms with Crippen LogP contribution in [0, 0.1) is 5.92 Å². The van der Waals surface area contributed by atoms with Crippen molar-refractivity contribution in [1.82, 2.24) is 0 Å². The Labute approximate surface area is 137 Å². The van der Waals surface area contributed by atoms with Gasteiger partial charge >= 0.3 is 0 Å². The first-order valence-electron chi connectivity index (χ1n) is 8.00. The summed E-state index contributed by atoms with van der Waals surface area (Å²) in [6, 6.07) is 7.10. The lowest BCUT2D eigenvalue weighted by atomic mass is 9.95. The maximum absolute atomic E-state index is 12.8. The van der Waals surface area contributed by atoms with Gasteiger partial charge in [0.15, 0.2) is 11.9 Å². The number of Topliss-reactive ketones (excluding diaryl/α,β-unsaturated/α-hetero) is 1. The highest BCUT2D eigenvalue weighted by atomic mass is 35.5. The number of ketones is 1. The Bertz CT molecular complexity index is 501. The summed E-state index contributed by atoms with van der Waals surface area (Å²) < 4.78 is 0. The molecule has 1 aromatic carbocycles. The monoisotopic (exact) mass is 324 g/mol. The summed E-state index contributed by atoms with van der Waals surface area (Å²) in [6.07, 6.45) is 4.88. The van der Waals surface area contributed by atoms with Gasteiger partial charge < -0.3 is 0 Å². The highest BCUT2D eigenvalue weighted by Gasteiger charge is 2.30. The second-order valence-corrected chi connectivity index (χ2v) is 7.42. The van der Waals surface area contributed by atoms with Gasteiger partial charge in [-0.3, -0.25) is 4.79 Å². The van der Waals surface area contributed by atoms with Gasteiger partial charge in [0.05, 0.1) is 10.6 Å². The number of benzene rings is 1. The molecule has 1 atom stereocenters. The molecule has 0 amide bonds. The summed E-state index contributed by atoms with van der Waals surface area (Å²) in [5.41, 5.74) is 0.0546. The number of halogens is 1. The lowest BCUT2D eigenvalue weighted by Crippen LogP contribution is -2.31. The van der Waals surface area contributed by atoms with Crippen LogP contribution in [0.3, 0.4) is 0 Å². The molecular weight excluding hydrogens is 300 g/mol. The van der Waals surface area contributed by atoms with Crippen molar-refractivity contribution in [1.29, 1.82) is 0 Å². The Balaban J connectivity index is 2.11. The molecule has 22 heavy (non-hydrogen) atoms. The molecule has 0 bridgehead atoms. The van der Waals surface area contributed by atoms with Crippen molar-refractivity contribution in [2.24, 2.45) is 5.92 Å². The van der Waals surface area contributed by atoms with Crippen LogP contribution in [0.1, 0.15) is 63.2 Å². The fourth-order valence-corrected chi connectivity index (χ4v) is 3.00. The van der Waals surface area contributed by atoms with E-state index in [1.54, 1.807) is 12.1 Å². The topological polar surface area (TPSA) is 35.5 Å². The smallest absolute Gasteiger partial charge is 0.196 e. The van der Waals surface area contributed by atoms with Gasteiger partial charge in [0.2, 0.25) is 0 Å². The van der Waals surface area contributed by atoms with Gasteiger partial charge in [-0.15, -0.1) is 0 Å². The minimum Gasteiger partial charge on any atom is -0.291 e. The van der Waals surface area contributed by atoms with Crippen molar-refractivity contribution in [3.63, 3.8) is 0 Å². The van der Waals surface area contributed by atoms with Crippen LogP contribution in [0.4, 0.5) is 0 Å². The molecule has 0 N–H and O–H groups in total. The highest BCUT2D eigenvalue weighted by molar-refractivity contribution is 6.34. The molecule has 0 aromatic heterocycles. The summed E-state index contributed by atoms with van der Waals surface area (Å²) in [6.45, 7) is 5.71. The molecule has 3 nitrogen and oxygen atoms in total. The Morgan fingerprint density at radius 3 is 2.50 bits per heavy atom. The van der Waals surface area contributed by atoms with E-state index in [1.165, 1.54) is 12.8 Å². The summed E-state index contributed by atoms with van der Waals surface area (Å²) in [4.78, 5) is 23.7. The normalized spacial score (nSPS) is 17.6. The molecular formula is C18H25ClO3.